The van der Waals surface area contributed by atoms with Crippen LogP contribution in [0.5, 0.6) is 0 Å². The molecule has 1 aromatic heterocycles. The molecule has 0 radical (unpaired) electrons. The van der Waals surface area contributed by atoms with Gasteiger partial charge in [0.25, 0.3) is 0 Å². The SMILES string of the molecule is Nc1nc(Nc2ccccc2)nn1Cc1ccc(F)cc1F. The zero-order chi connectivity index (χ0) is 15.5. The maximum Gasteiger partial charge on any atom is 0.248 e. The Labute approximate surface area is 125 Å². The number of benzene rings is 2. The average molecular weight is 301 g/mol. The predicted molar refractivity (Wildman–Crippen MR) is 79.6 cm³/mol. The Bertz CT molecular complexity index is 786. The molecule has 3 rings (SSSR count). The van der Waals surface area contributed by atoms with Crippen LogP contribution in [0.2, 0.25) is 0 Å². The summed E-state index contributed by atoms with van der Waals surface area (Å²) in [7, 11) is 0. The van der Waals surface area contributed by atoms with Crippen LogP contribution in [0.3, 0.4) is 0 Å². The van der Waals surface area contributed by atoms with E-state index in [1.54, 1.807) is 0 Å². The van der Waals surface area contributed by atoms with E-state index < -0.39 is 11.6 Å². The fourth-order valence-corrected chi connectivity index (χ4v) is 1.99. The van der Waals surface area contributed by atoms with E-state index >= 15 is 0 Å². The maximum absolute atomic E-state index is 13.7. The molecule has 3 N–H and O–H groups in total. The molecule has 0 saturated heterocycles. The van der Waals surface area contributed by atoms with Crippen LogP contribution in [0.4, 0.5) is 26.4 Å². The molecule has 7 heteroatoms. The van der Waals surface area contributed by atoms with Gasteiger partial charge in [0, 0.05) is 17.3 Å². The highest BCUT2D eigenvalue weighted by Gasteiger charge is 2.10. The Morgan fingerprint density at radius 3 is 2.59 bits per heavy atom. The molecule has 0 fully saturated rings. The first-order chi connectivity index (χ1) is 10.6. The van der Waals surface area contributed by atoms with E-state index in [0.717, 1.165) is 11.8 Å². The summed E-state index contributed by atoms with van der Waals surface area (Å²) < 4.78 is 27.9. The molecule has 0 saturated carbocycles. The number of nitrogens with one attached hydrogen (secondary N) is 1. The van der Waals surface area contributed by atoms with E-state index in [-0.39, 0.29) is 18.1 Å². The number of anilines is 3. The summed E-state index contributed by atoms with van der Waals surface area (Å²) in [5.74, 6) is -0.819. The highest BCUT2D eigenvalue weighted by molar-refractivity contribution is 5.53. The second-order valence-corrected chi connectivity index (χ2v) is 4.68. The number of hydrogen-bond acceptors (Lipinski definition) is 4. The number of nitrogen functional groups attached to an aromatic ring is 1. The van der Waals surface area contributed by atoms with Crippen LogP contribution in [0.15, 0.2) is 48.5 Å². The molecule has 1 heterocycles. The lowest BCUT2D eigenvalue weighted by molar-refractivity contribution is 0.560. The van der Waals surface area contributed by atoms with Crippen molar-refractivity contribution in [2.75, 3.05) is 11.1 Å². The summed E-state index contributed by atoms with van der Waals surface area (Å²) in [6.45, 7) is 0.0708. The van der Waals surface area contributed by atoms with E-state index in [1.807, 2.05) is 30.3 Å². The topological polar surface area (TPSA) is 68.8 Å². The fourth-order valence-electron chi connectivity index (χ4n) is 1.99. The van der Waals surface area contributed by atoms with Crippen molar-refractivity contribution in [3.05, 3.63) is 65.7 Å². The van der Waals surface area contributed by atoms with Crippen molar-refractivity contribution < 1.29 is 8.78 Å². The van der Waals surface area contributed by atoms with Gasteiger partial charge in [0.15, 0.2) is 0 Å². The zero-order valence-corrected chi connectivity index (χ0v) is 11.5. The Morgan fingerprint density at radius 1 is 1.09 bits per heavy atom. The van der Waals surface area contributed by atoms with Crippen LogP contribution >= 0.6 is 0 Å². The number of para-hydroxylation sites is 1. The summed E-state index contributed by atoms with van der Waals surface area (Å²) >= 11 is 0. The lowest BCUT2D eigenvalue weighted by Gasteiger charge is -2.04. The summed E-state index contributed by atoms with van der Waals surface area (Å²) in [4.78, 5) is 4.07. The molecule has 0 aliphatic rings. The standard InChI is InChI=1S/C15H13F2N5/c16-11-7-6-10(13(17)8-11)9-22-14(18)20-15(21-22)19-12-4-2-1-3-5-12/h1-8H,9H2,(H3,18,19,20,21). The molecule has 0 aliphatic heterocycles. The molecule has 3 aromatic rings. The Hall–Kier alpha value is -2.96. The Kier molecular flexibility index (Phi) is 3.69. The number of aromatic nitrogens is 3. The second kappa shape index (κ2) is 5.80. The molecule has 0 aliphatic carbocycles. The van der Waals surface area contributed by atoms with Crippen molar-refractivity contribution in [1.82, 2.24) is 14.8 Å². The lowest BCUT2D eigenvalue weighted by atomic mass is 10.2. The first-order valence-corrected chi connectivity index (χ1v) is 6.58. The van der Waals surface area contributed by atoms with Crippen molar-refractivity contribution in [3.63, 3.8) is 0 Å². The van der Waals surface area contributed by atoms with Gasteiger partial charge in [-0.1, -0.05) is 24.3 Å². The molecule has 5 nitrogen and oxygen atoms in total. The normalized spacial score (nSPS) is 10.6. The van der Waals surface area contributed by atoms with Gasteiger partial charge < -0.3 is 11.1 Å². The molecular weight excluding hydrogens is 288 g/mol. The van der Waals surface area contributed by atoms with Gasteiger partial charge in [-0.2, -0.15) is 4.98 Å². The van der Waals surface area contributed by atoms with Gasteiger partial charge in [-0.15, -0.1) is 5.10 Å². The van der Waals surface area contributed by atoms with Crippen molar-refractivity contribution >= 4 is 17.6 Å². The first-order valence-electron chi connectivity index (χ1n) is 6.58. The van der Waals surface area contributed by atoms with Crippen LogP contribution in [0, 0.1) is 11.6 Å². The Morgan fingerprint density at radius 2 is 1.86 bits per heavy atom. The summed E-state index contributed by atoms with van der Waals surface area (Å²) in [6.07, 6.45) is 0. The van der Waals surface area contributed by atoms with Crippen LogP contribution in [-0.2, 0) is 6.54 Å². The molecule has 2 aromatic carbocycles. The monoisotopic (exact) mass is 301 g/mol. The highest BCUT2D eigenvalue weighted by atomic mass is 19.1. The third-order valence-electron chi connectivity index (χ3n) is 3.07. The highest BCUT2D eigenvalue weighted by Crippen LogP contribution is 2.16. The minimum Gasteiger partial charge on any atom is -0.368 e. The molecule has 0 unspecified atom stereocenters. The van der Waals surface area contributed by atoms with Crippen molar-refractivity contribution in [1.29, 1.82) is 0 Å². The fraction of sp³-hybridized carbons (Fsp3) is 0.0667. The summed E-state index contributed by atoms with van der Waals surface area (Å²) in [5.41, 5.74) is 6.87. The number of hydrogen-bond donors (Lipinski definition) is 2. The minimum absolute atomic E-state index is 0.0708. The zero-order valence-electron chi connectivity index (χ0n) is 11.5. The molecule has 0 bridgehead atoms. The van der Waals surface area contributed by atoms with Crippen LogP contribution < -0.4 is 11.1 Å². The number of halogens is 2. The van der Waals surface area contributed by atoms with Gasteiger partial charge >= 0.3 is 0 Å². The van der Waals surface area contributed by atoms with Crippen LogP contribution in [0.25, 0.3) is 0 Å². The molecule has 0 spiro atoms. The molecule has 0 atom stereocenters. The molecular formula is C15H13F2N5. The number of nitrogens with zero attached hydrogens (tertiary/aromatic N) is 3. The van der Waals surface area contributed by atoms with Gasteiger partial charge in [-0.25, -0.2) is 13.5 Å². The Balaban J connectivity index is 1.80. The summed E-state index contributed by atoms with van der Waals surface area (Å²) in [6, 6.07) is 12.7. The van der Waals surface area contributed by atoms with Crippen molar-refractivity contribution in [2.45, 2.75) is 6.54 Å². The van der Waals surface area contributed by atoms with E-state index in [9.17, 15) is 8.78 Å². The second-order valence-electron chi connectivity index (χ2n) is 4.68. The number of rotatable bonds is 4. The van der Waals surface area contributed by atoms with Crippen LogP contribution in [0.1, 0.15) is 5.56 Å². The third kappa shape index (κ3) is 3.03. The van der Waals surface area contributed by atoms with E-state index in [1.165, 1.54) is 16.8 Å². The quantitative estimate of drug-likeness (QED) is 0.777. The third-order valence-corrected chi connectivity index (χ3v) is 3.07. The molecule has 0 amide bonds. The van der Waals surface area contributed by atoms with E-state index in [2.05, 4.69) is 15.4 Å². The van der Waals surface area contributed by atoms with Gasteiger partial charge in [0.1, 0.15) is 11.6 Å². The molecule has 22 heavy (non-hydrogen) atoms. The first kappa shape index (κ1) is 14.0. The average Bonchev–Trinajstić information content (AvgIpc) is 2.83. The smallest absolute Gasteiger partial charge is 0.248 e. The summed E-state index contributed by atoms with van der Waals surface area (Å²) in [5, 5.41) is 7.17. The maximum atomic E-state index is 13.7. The number of nitrogens with two attached hydrogens (primary N) is 1. The predicted octanol–water partition coefficient (Wildman–Crippen LogP) is 2.93. The van der Waals surface area contributed by atoms with Gasteiger partial charge in [0.05, 0.1) is 6.54 Å². The van der Waals surface area contributed by atoms with Crippen molar-refractivity contribution in [3.8, 4) is 0 Å². The van der Waals surface area contributed by atoms with Crippen LogP contribution in [-0.4, -0.2) is 14.8 Å². The van der Waals surface area contributed by atoms with Gasteiger partial charge in [-0.3, -0.25) is 0 Å². The van der Waals surface area contributed by atoms with Gasteiger partial charge in [0.2, 0.25) is 11.9 Å². The largest absolute Gasteiger partial charge is 0.368 e. The lowest BCUT2D eigenvalue weighted by Crippen LogP contribution is -2.08. The minimum atomic E-state index is -0.646. The molecule has 112 valence electrons. The van der Waals surface area contributed by atoms with E-state index in [4.69, 9.17) is 5.73 Å². The van der Waals surface area contributed by atoms with Crippen molar-refractivity contribution in [2.24, 2.45) is 0 Å². The van der Waals surface area contributed by atoms with E-state index in [0.29, 0.717) is 5.95 Å². The van der Waals surface area contributed by atoms with Gasteiger partial charge in [-0.05, 0) is 18.2 Å².